The molecule has 0 unspecified atom stereocenters. The van der Waals surface area contributed by atoms with E-state index in [0.29, 0.717) is 29.6 Å². The molecular formula is C18H19N3O3. The molecule has 1 aliphatic heterocycles. The zero-order chi connectivity index (χ0) is 17.3. The Morgan fingerprint density at radius 2 is 1.62 bits per heavy atom. The molecule has 0 saturated heterocycles. The maximum absolute atomic E-state index is 12.6. The van der Waals surface area contributed by atoms with E-state index in [9.17, 15) is 14.4 Å². The summed E-state index contributed by atoms with van der Waals surface area (Å²) in [5.41, 5.74) is 0.924. The van der Waals surface area contributed by atoms with Gasteiger partial charge in [0.1, 0.15) is 6.54 Å². The first-order valence-corrected chi connectivity index (χ1v) is 7.78. The lowest BCUT2D eigenvalue weighted by molar-refractivity contribution is -0.121. The molecule has 1 aliphatic rings. The van der Waals surface area contributed by atoms with Gasteiger partial charge in [-0.1, -0.05) is 24.3 Å². The van der Waals surface area contributed by atoms with Crippen LogP contribution in [0.25, 0.3) is 10.8 Å². The molecule has 1 N–H and O–H groups in total. The van der Waals surface area contributed by atoms with Crippen molar-refractivity contribution in [3.8, 4) is 0 Å². The zero-order valence-electron chi connectivity index (χ0n) is 13.7. The van der Waals surface area contributed by atoms with E-state index in [-0.39, 0.29) is 12.5 Å². The summed E-state index contributed by atoms with van der Waals surface area (Å²) in [4.78, 5) is 40.3. The quantitative estimate of drug-likeness (QED) is 0.836. The number of hydrogen-bond donors (Lipinski definition) is 1. The van der Waals surface area contributed by atoms with Gasteiger partial charge in [-0.05, 0) is 31.6 Å². The standard InChI is InChI=1S/C18H19N3O3/c1-20(2)10-9-19-15(22)11-21-17(23)13-7-3-5-12-6-4-8-14(16(12)13)18(21)24/h3-8H,9-11H2,1-2H3,(H,19,22). The van der Waals surface area contributed by atoms with Crippen molar-refractivity contribution in [1.82, 2.24) is 15.1 Å². The predicted molar refractivity (Wildman–Crippen MR) is 90.9 cm³/mol. The van der Waals surface area contributed by atoms with E-state index < -0.39 is 11.8 Å². The maximum atomic E-state index is 12.6. The molecule has 3 amide bonds. The second-order valence-corrected chi connectivity index (χ2v) is 6.06. The van der Waals surface area contributed by atoms with Crippen molar-refractivity contribution in [1.29, 1.82) is 0 Å². The van der Waals surface area contributed by atoms with Crippen molar-refractivity contribution < 1.29 is 14.4 Å². The number of rotatable bonds is 5. The average Bonchev–Trinajstić information content (AvgIpc) is 2.56. The Balaban J connectivity index is 1.83. The Morgan fingerprint density at radius 3 is 2.17 bits per heavy atom. The van der Waals surface area contributed by atoms with Gasteiger partial charge >= 0.3 is 0 Å². The number of nitrogens with one attached hydrogen (secondary N) is 1. The number of carbonyl (C=O) groups excluding carboxylic acids is 3. The van der Waals surface area contributed by atoms with Gasteiger partial charge in [0.15, 0.2) is 0 Å². The van der Waals surface area contributed by atoms with Crippen molar-refractivity contribution in [2.75, 3.05) is 33.7 Å². The lowest BCUT2D eigenvalue weighted by Crippen LogP contribution is -2.47. The first-order valence-electron chi connectivity index (χ1n) is 7.78. The summed E-state index contributed by atoms with van der Waals surface area (Å²) in [6.07, 6.45) is 0. The second-order valence-electron chi connectivity index (χ2n) is 6.06. The Hall–Kier alpha value is -2.73. The third-order valence-corrected chi connectivity index (χ3v) is 4.04. The van der Waals surface area contributed by atoms with Crippen LogP contribution in [0.4, 0.5) is 0 Å². The Kier molecular flexibility index (Phi) is 4.31. The van der Waals surface area contributed by atoms with Crippen LogP contribution in [-0.2, 0) is 4.79 Å². The van der Waals surface area contributed by atoms with E-state index >= 15 is 0 Å². The number of hydrogen-bond acceptors (Lipinski definition) is 4. The smallest absolute Gasteiger partial charge is 0.261 e. The summed E-state index contributed by atoms with van der Waals surface area (Å²) in [5, 5.41) is 4.24. The number of amides is 3. The fraction of sp³-hybridized carbons (Fsp3) is 0.278. The lowest BCUT2D eigenvalue weighted by atomic mass is 9.94. The number of carbonyl (C=O) groups is 3. The number of likely N-dealkylation sites (N-methyl/N-ethyl adjacent to an activating group) is 1. The van der Waals surface area contributed by atoms with E-state index in [0.717, 1.165) is 10.3 Å². The molecule has 24 heavy (non-hydrogen) atoms. The highest BCUT2D eigenvalue weighted by Crippen LogP contribution is 2.29. The molecule has 3 rings (SSSR count). The van der Waals surface area contributed by atoms with Gasteiger partial charge in [-0.25, -0.2) is 0 Å². The topological polar surface area (TPSA) is 69.7 Å². The van der Waals surface area contributed by atoms with Crippen molar-refractivity contribution >= 4 is 28.5 Å². The Morgan fingerprint density at radius 1 is 1.04 bits per heavy atom. The maximum Gasteiger partial charge on any atom is 0.261 e. The average molecular weight is 325 g/mol. The van der Waals surface area contributed by atoms with Gasteiger partial charge < -0.3 is 10.2 Å². The predicted octanol–water partition coefficient (Wildman–Crippen LogP) is 1.11. The fourth-order valence-corrected chi connectivity index (χ4v) is 2.84. The number of imide groups is 1. The first kappa shape index (κ1) is 16.1. The van der Waals surface area contributed by atoms with E-state index in [4.69, 9.17) is 0 Å². The Labute approximate surface area is 140 Å². The molecule has 1 heterocycles. The summed E-state index contributed by atoms with van der Waals surface area (Å²) in [6, 6.07) is 10.7. The van der Waals surface area contributed by atoms with E-state index in [1.165, 1.54) is 0 Å². The summed E-state index contributed by atoms with van der Waals surface area (Å²) in [5.74, 6) is -1.19. The van der Waals surface area contributed by atoms with Crippen LogP contribution in [0.3, 0.4) is 0 Å². The van der Waals surface area contributed by atoms with Crippen LogP contribution in [0.15, 0.2) is 36.4 Å². The van der Waals surface area contributed by atoms with E-state index in [1.807, 2.05) is 31.1 Å². The summed E-state index contributed by atoms with van der Waals surface area (Å²) in [6.45, 7) is 0.889. The molecular weight excluding hydrogens is 306 g/mol. The van der Waals surface area contributed by atoms with Gasteiger partial charge in [0, 0.05) is 29.6 Å². The third-order valence-electron chi connectivity index (χ3n) is 4.04. The molecule has 0 radical (unpaired) electrons. The highest BCUT2D eigenvalue weighted by molar-refractivity contribution is 6.26. The Bertz CT molecular complexity index is 779. The largest absolute Gasteiger partial charge is 0.353 e. The molecule has 0 aromatic heterocycles. The van der Waals surface area contributed by atoms with Gasteiger partial charge in [0.2, 0.25) is 5.91 Å². The summed E-state index contributed by atoms with van der Waals surface area (Å²) < 4.78 is 0. The van der Waals surface area contributed by atoms with Gasteiger partial charge in [0.05, 0.1) is 0 Å². The van der Waals surface area contributed by atoms with Crippen LogP contribution in [-0.4, -0.2) is 61.3 Å². The van der Waals surface area contributed by atoms with Crippen LogP contribution in [0.5, 0.6) is 0 Å². The van der Waals surface area contributed by atoms with Crippen LogP contribution in [0.1, 0.15) is 20.7 Å². The monoisotopic (exact) mass is 325 g/mol. The fourth-order valence-electron chi connectivity index (χ4n) is 2.84. The molecule has 0 spiro atoms. The van der Waals surface area contributed by atoms with E-state index in [2.05, 4.69) is 5.32 Å². The van der Waals surface area contributed by atoms with Crippen molar-refractivity contribution in [2.24, 2.45) is 0 Å². The summed E-state index contributed by atoms with van der Waals surface area (Å²) >= 11 is 0. The SMILES string of the molecule is CN(C)CCNC(=O)CN1C(=O)c2cccc3cccc(c23)C1=O. The minimum atomic E-state index is -0.424. The summed E-state index contributed by atoms with van der Waals surface area (Å²) in [7, 11) is 3.81. The minimum absolute atomic E-state index is 0.268. The van der Waals surface area contributed by atoms with Gasteiger partial charge in [-0.3, -0.25) is 19.3 Å². The molecule has 6 heteroatoms. The second kappa shape index (κ2) is 6.41. The highest BCUT2D eigenvalue weighted by Gasteiger charge is 2.33. The first-order chi connectivity index (χ1) is 11.5. The van der Waals surface area contributed by atoms with Gasteiger partial charge in [-0.15, -0.1) is 0 Å². The molecule has 0 aliphatic carbocycles. The molecule has 0 atom stereocenters. The molecule has 6 nitrogen and oxygen atoms in total. The van der Waals surface area contributed by atoms with Crippen LogP contribution < -0.4 is 5.32 Å². The zero-order valence-corrected chi connectivity index (χ0v) is 13.7. The van der Waals surface area contributed by atoms with Crippen molar-refractivity contribution in [3.05, 3.63) is 47.5 Å². The van der Waals surface area contributed by atoms with Crippen LogP contribution in [0.2, 0.25) is 0 Å². The normalized spacial score (nSPS) is 13.7. The minimum Gasteiger partial charge on any atom is -0.353 e. The highest BCUT2D eigenvalue weighted by atomic mass is 16.2. The van der Waals surface area contributed by atoms with Crippen LogP contribution >= 0.6 is 0 Å². The molecule has 0 bridgehead atoms. The van der Waals surface area contributed by atoms with Gasteiger partial charge in [0.25, 0.3) is 11.8 Å². The van der Waals surface area contributed by atoms with Crippen molar-refractivity contribution in [2.45, 2.75) is 0 Å². The molecule has 2 aromatic carbocycles. The van der Waals surface area contributed by atoms with Gasteiger partial charge in [-0.2, -0.15) is 0 Å². The lowest BCUT2D eigenvalue weighted by Gasteiger charge is -2.26. The third kappa shape index (κ3) is 2.88. The number of benzene rings is 2. The molecule has 0 saturated carbocycles. The molecule has 2 aromatic rings. The molecule has 124 valence electrons. The number of nitrogens with zero attached hydrogens (tertiary/aromatic N) is 2. The molecule has 0 fully saturated rings. The van der Waals surface area contributed by atoms with Crippen LogP contribution in [0, 0.1) is 0 Å². The van der Waals surface area contributed by atoms with Crippen molar-refractivity contribution in [3.63, 3.8) is 0 Å². The van der Waals surface area contributed by atoms with E-state index in [1.54, 1.807) is 24.3 Å².